The van der Waals surface area contributed by atoms with E-state index in [4.69, 9.17) is 27.9 Å². The first-order valence-electron chi connectivity index (χ1n) is 9.38. The number of carbonyl (C=O) groups is 2. The second-order valence-electron chi connectivity index (χ2n) is 7.04. The average Bonchev–Trinajstić information content (AvgIpc) is 2.96. The van der Waals surface area contributed by atoms with Crippen molar-refractivity contribution in [3.05, 3.63) is 74.9 Å². The standard InChI is InChI=1S/C22H20Cl2N2O3/c1-29-11-10-26-21(27)19(17-7-6-16(23)12-18(17)24)20(22(26)28)25-9-8-14-4-2-3-5-15(14)13-25/h2-7,12H,8-11,13H2,1H3. The minimum Gasteiger partial charge on any atom is -0.383 e. The van der Waals surface area contributed by atoms with Crippen LogP contribution in [-0.4, -0.2) is 48.4 Å². The van der Waals surface area contributed by atoms with Crippen molar-refractivity contribution in [1.29, 1.82) is 0 Å². The molecule has 2 aliphatic heterocycles. The maximum atomic E-state index is 13.3. The molecule has 0 aromatic heterocycles. The number of amides is 2. The van der Waals surface area contributed by atoms with E-state index in [2.05, 4.69) is 12.1 Å². The molecule has 2 heterocycles. The van der Waals surface area contributed by atoms with Gasteiger partial charge in [-0.2, -0.15) is 0 Å². The normalized spacial score (nSPS) is 16.7. The quantitative estimate of drug-likeness (QED) is 0.677. The largest absolute Gasteiger partial charge is 0.383 e. The van der Waals surface area contributed by atoms with Crippen LogP contribution in [0.5, 0.6) is 0 Å². The third kappa shape index (κ3) is 3.66. The lowest BCUT2D eigenvalue weighted by Crippen LogP contribution is -2.38. The van der Waals surface area contributed by atoms with Crippen LogP contribution in [0.2, 0.25) is 10.0 Å². The predicted molar refractivity (Wildman–Crippen MR) is 113 cm³/mol. The Kier molecular flexibility index (Phi) is 5.63. The van der Waals surface area contributed by atoms with Crippen molar-refractivity contribution >= 4 is 40.6 Å². The van der Waals surface area contributed by atoms with Crippen molar-refractivity contribution in [3.63, 3.8) is 0 Å². The van der Waals surface area contributed by atoms with Crippen LogP contribution in [0.3, 0.4) is 0 Å². The fourth-order valence-electron chi connectivity index (χ4n) is 3.86. The summed E-state index contributed by atoms with van der Waals surface area (Å²) in [6.45, 7) is 1.68. The molecular weight excluding hydrogens is 411 g/mol. The van der Waals surface area contributed by atoms with E-state index in [1.54, 1.807) is 18.2 Å². The molecule has 0 fully saturated rings. The highest BCUT2D eigenvalue weighted by atomic mass is 35.5. The van der Waals surface area contributed by atoms with Crippen molar-refractivity contribution in [1.82, 2.24) is 9.80 Å². The molecule has 2 amide bonds. The topological polar surface area (TPSA) is 49.9 Å². The average molecular weight is 431 g/mol. The van der Waals surface area contributed by atoms with Gasteiger partial charge in [0.2, 0.25) is 0 Å². The molecule has 2 aromatic carbocycles. The van der Waals surface area contributed by atoms with Gasteiger partial charge in [-0.05, 0) is 29.7 Å². The Morgan fingerprint density at radius 2 is 1.79 bits per heavy atom. The van der Waals surface area contributed by atoms with E-state index in [-0.39, 0.29) is 25.0 Å². The highest BCUT2D eigenvalue weighted by Crippen LogP contribution is 2.37. The molecule has 0 bridgehead atoms. The number of nitrogens with zero attached hydrogens (tertiary/aromatic N) is 2. The van der Waals surface area contributed by atoms with E-state index in [1.165, 1.54) is 17.6 Å². The summed E-state index contributed by atoms with van der Waals surface area (Å²) in [5.41, 5.74) is 3.66. The Morgan fingerprint density at radius 3 is 2.52 bits per heavy atom. The summed E-state index contributed by atoms with van der Waals surface area (Å²) in [6.07, 6.45) is 0.806. The first-order valence-corrected chi connectivity index (χ1v) is 10.1. The fraction of sp³-hybridized carbons (Fsp3) is 0.273. The minimum absolute atomic E-state index is 0.191. The second kappa shape index (κ2) is 8.19. The number of imide groups is 1. The molecule has 150 valence electrons. The van der Waals surface area contributed by atoms with Crippen LogP contribution in [0.1, 0.15) is 16.7 Å². The summed E-state index contributed by atoms with van der Waals surface area (Å²) in [5.74, 6) is -0.669. The van der Waals surface area contributed by atoms with Gasteiger partial charge in [0.15, 0.2) is 0 Å². The number of methoxy groups -OCH3 is 1. The summed E-state index contributed by atoms with van der Waals surface area (Å²) in [7, 11) is 1.54. The number of carbonyl (C=O) groups excluding carboxylic acids is 2. The Hall–Kier alpha value is -2.34. The number of hydrogen-bond acceptors (Lipinski definition) is 4. The number of ether oxygens (including phenoxy) is 1. The summed E-state index contributed by atoms with van der Waals surface area (Å²) in [4.78, 5) is 29.7. The van der Waals surface area contributed by atoms with Gasteiger partial charge in [0.25, 0.3) is 11.8 Å². The maximum absolute atomic E-state index is 13.3. The summed E-state index contributed by atoms with van der Waals surface area (Å²) >= 11 is 12.5. The molecule has 0 saturated heterocycles. The molecule has 0 radical (unpaired) electrons. The molecule has 2 aliphatic rings. The third-order valence-electron chi connectivity index (χ3n) is 5.31. The zero-order valence-electron chi connectivity index (χ0n) is 16.0. The van der Waals surface area contributed by atoms with Crippen LogP contribution >= 0.6 is 23.2 Å². The number of fused-ring (bicyclic) bond motifs is 1. The molecule has 0 unspecified atom stereocenters. The highest BCUT2D eigenvalue weighted by Gasteiger charge is 2.42. The predicted octanol–water partition coefficient (Wildman–Crippen LogP) is 3.78. The molecule has 0 atom stereocenters. The van der Waals surface area contributed by atoms with Gasteiger partial charge in [-0.3, -0.25) is 14.5 Å². The molecule has 7 heteroatoms. The Morgan fingerprint density at radius 1 is 1.03 bits per heavy atom. The monoisotopic (exact) mass is 430 g/mol. The van der Waals surface area contributed by atoms with Crippen molar-refractivity contribution in [2.45, 2.75) is 13.0 Å². The van der Waals surface area contributed by atoms with Crippen molar-refractivity contribution < 1.29 is 14.3 Å². The molecule has 0 spiro atoms. The van der Waals surface area contributed by atoms with Gasteiger partial charge >= 0.3 is 0 Å². The van der Waals surface area contributed by atoms with E-state index in [0.29, 0.717) is 40.0 Å². The first kappa shape index (κ1) is 20.0. The SMILES string of the molecule is COCCN1C(=O)C(c2ccc(Cl)cc2Cl)=C(N2CCc3ccccc3C2)C1=O. The van der Waals surface area contributed by atoms with Gasteiger partial charge in [0.1, 0.15) is 5.70 Å². The van der Waals surface area contributed by atoms with E-state index < -0.39 is 0 Å². The summed E-state index contributed by atoms with van der Waals surface area (Å²) in [6, 6.07) is 13.1. The van der Waals surface area contributed by atoms with Crippen molar-refractivity contribution in [2.75, 3.05) is 26.8 Å². The third-order valence-corrected chi connectivity index (χ3v) is 5.86. The van der Waals surface area contributed by atoms with Crippen LogP contribution in [0.25, 0.3) is 5.57 Å². The molecule has 2 aromatic rings. The van der Waals surface area contributed by atoms with Gasteiger partial charge in [-0.25, -0.2) is 0 Å². The molecule has 29 heavy (non-hydrogen) atoms. The van der Waals surface area contributed by atoms with Crippen LogP contribution in [0, 0.1) is 0 Å². The number of rotatable bonds is 5. The van der Waals surface area contributed by atoms with Gasteiger partial charge in [-0.1, -0.05) is 53.5 Å². The zero-order valence-corrected chi connectivity index (χ0v) is 17.5. The lowest BCUT2D eigenvalue weighted by atomic mass is 9.98. The molecule has 0 N–H and O–H groups in total. The van der Waals surface area contributed by atoms with Crippen molar-refractivity contribution in [2.24, 2.45) is 0 Å². The summed E-state index contributed by atoms with van der Waals surface area (Å²) in [5, 5.41) is 0.818. The first-order chi connectivity index (χ1) is 14.0. The van der Waals surface area contributed by atoms with Gasteiger partial charge in [0, 0.05) is 30.8 Å². The lowest BCUT2D eigenvalue weighted by Gasteiger charge is -2.31. The van der Waals surface area contributed by atoms with Crippen LogP contribution in [0.4, 0.5) is 0 Å². The van der Waals surface area contributed by atoms with Gasteiger partial charge in [-0.15, -0.1) is 0 Å². The highest BCUT2D eigenvalue weighted by molar-refractivity contribution is 6.41. The number of halogens is 2. The molecular formula is C22H20Cl2N2O3. The summed E-state index contributed by atoms with van der Waals surface area (Å²) < 4.78 is 5.09. The number of hydrogen-bond donors (Lipinski definition) is 0. The molecule has 4 rings (SSSR count). The van der Waals surface area contributed by atoms with Crippen molar-refractivity contribution in [3.8, 4) is 0 Å². The van der Waals surface area contributed by atoms with Crippen LogP contribution in [0.15, 0.2) is 48.2 Å². The molecule has 0 aliphatic carbocycles. The van der Waals surface area contributed by atoms with E-state index >= 15 is 0 Å². The maximum Gasteiger partial charge on any atom is 0.277 e. The van der Waals surface area contributed by atoms with Crippen LogP contribution in [-0.2, 0) is 27.3 Å². The van der Waals surface area contributed by atoms with Gasteiger partial charge in [0.05, 0.1) is 23.7 Å². The van der Waals surface area contributed by atoms with E-state index in [9.17, 15) is 9.59 Å². The second-order valence-corrected chi connectivity index (χ2v) is 7.89. The Bertz CT molecular complexity index is 1020. The molecule has 0 saturated carbocycles. The zero-order chi connectivity index (χ0) is 20.5. The molecule has 5 nitrogen and oxygen atoms in total. The van der Waals surface area contributed by atoms with E-state index in [0.717, 1.165) is 12.0 Å². The Labute approximate surface area is 179 Å². The number of benzene rings is 2. The minimum atomic E-state index is -0.356. The smallest absolute Gasteiger partial charge is 0.277 e. The lowest BCUT2D eigenvalue weighted by molar-refractivity contribution is -0.138. The Balaban J connectivity index is 1.80. The fourth-order valence-corrected chi connectivity index (χ4v) is 4.37. The van der Waals surface area contributed by atoms with Crippen LogP contribution < -0.4 is 0 Å². The van der Waals surface area contributed by atoms with E-state index in [1.807, 2.05) is 17.0 Å². The van der Waals surface area contributed by atoms with Gasteiger partial charge < -0.3 is 9.64 Å².